The van der Waals surface area contributed by atoms with E-state index in [1.165, 1.54) is 24.3 Å². The predicted molar refractivity (Wildman–Crippen MR) is 158 cm³/mol. The van der Waals surface area contributed by atoms with Gasteiger partial charge in [0.05, 0.1) is 6.04 Å². The van der Waals surface area contributed by atoms with Gasteiger partial charge in [0.2, 0.25) is 21.8 Å². The third-order valence-corrected chi connectivity index (χ3v) is 10.1. The highest BCUT2D eigenvalue weighted by molar-refractivity contribution is 7.89. The van der Waals surface area contributed by atoms with E-state index in [1.807, 2.05) is 30.3 Å². The van der Waals surface area contributed by atoms with E-state index >= 15 is 0 Å². The van der Waals surface area contributed by atoms with Crippen molar-refractivity contribution in [3.63, 3.8) is 0 Å². The van der Waals surface area contributed by atoms with Crippen molar-refractivity contribution in [2.24, 2.45) is 23.5 Å². The Bertz CT molecular complexity index is 1290. The van der Waals surface area contributed by atoms with Gasteiger partial charge >= 0.3 is 0 Å². The normalized spacial score (nSPS) is 23.6. The van der Waals surface area contributed by atoms with Crippen LogP contribution in [-0.2, 0) is 26.0 Å². The van der Waals surface area contributed by atoms with Gasteiger partial charge in [0.25, 0.3) is 0 Å². The number of rotatable bonds is 12. The van der Waals surface area contributed by atoms with Crippen molar-refractivity contribution in [2.45, 2.75) is 58.2 Å². The molecule has 1 aliphatic carbocycles. The zero-order valence-corrected chi connectivity index (χ0v) is 24.8. The Morgan fingerprint density at radius 1 is 1.05 bits per heavy atom. The molecular weight excluding hydrogens is 545 g/mol. The fourth-order valence-electron chi connectivity index (χ4n) is 5.28. The first-order chi connectivity index (χ1) is 19.4. The summed E-state index contributed by atoms with van der Waals surface area (Å²) in [5.41, 5.74) is 8.08. The second kappa shape index (κ2) is 13.4. The Labute approximate surface area is 242 Å². The molecular formula is C30H42FN5O4S. The molecule has 2 aromatic rings. The summed E-state index contributed by atoms with van der Waals surface area (Å²) in [6.07, 6.45) is 1.81. The topological polar surface area (TPSA) is 125 Å². The lowest BCUT2D eigenvalue weighted by Crippen LogP contribution is -2.59. The lowest BCUT2D eigenvalue weighted by molar-refractivity contribution is -0.126. The Kier molecular flexibility index (Phi) is 10.2. The molecule has 0 radical (unpaired) electrons. The fraction of sp³-hybridized carbons (Fsp3) is 0.533. The number of amides is 2. The lowest BCUT2D eigenvalue weighted by atomic mass is 9.92. The molecule has 41 heavy (non-hydrogen) atoms. The summed E-state index contributed by atoms with van der Waals surface area (Å²) in [7, 11) is -3.49. The number of halogens is 1. The van der Waals surface area contributed by atoms with E-state index in [-0.39, 0.29) is 23.5 Å². The van der Waals surface area contributed by atoms with Gasteiger partial charge in [-0.1, -0.05) is 44.2 Å². The molecule has 1 aliphatic heterocycles. The lowest BCUT2D eigenvalue weighted by Gasteiger charge is -2.37. The van der Waals surface area contributed by atoms with Gasteiger partial charge in [0.15, 0.2) is 0 Å². The highest BCUT2D eigenvalue weighted by atomic mass is 32.2. The number of sulfonamides is 1. The van der Waals surface area contributed by atoms with E-state index in [1.54, 1.807) is 23.1 Å². The first kappa shape index (κ1) is 31.1. The van der Waals surface area contributed by atoms with Crippen molar-refractivity contribution in [3.05, 3.63) is 66.0 Å². The van der Waals surface area contributed by atoms with Crippen molar-refractivity contribution in [1.29, 1.82) is 0 Å². The van der Waals surface area contributed by atoms with Crippen molar-refractivity contribution >= 4 is 27.5 Å². The van der Waals surface area contributed by atoms with Gasteiger partial charge in [0, 0.05) is 43.3 Å². The largest absolute Gasteiger partial charge is 0.350 e. The molecule has 1 heterocycles. The van der Waals surface area contributed by atoms with Crippen molar-refractivity contribution in [1.82, 2.24) is 14.5 Å². The molecule has 0 bridgehead atoms. The number of hydrogen-bond acceptors (Lipinski definition) is 6. The summed E-state index contributed by atoms with van der Waals surface area (Å²) in [5, 5.41) is 5.84. The van der Waals surface area contributed by atoms with E-state index in [0.29, 0.717) is 50.0 Å². The molecule has 2 unspecified atom stereocenters. The molecule has 2 amide bonds. The molecule has 4 N–H and O–H groups in total. The molecule has 1 saturated carbocycles. The van der Waals surface area contributed by atoms with E-state index in [2.05, 4.69) is 17.6 Å². The predicted octanol–water partition coefficient (Wildman–Crippen LogP) is 2.79. The number of hydrogen-bond donors (Lipinski definition) is 3. The van der Waals surface area contributed by atoms with Crippen LogP contribution in [0.25, 0.3) is 0 Å². The molecule has 2 fully saturated rings. The molecule has 2 aromatic carbocycles. The number of nitrogens with zero attached hydrogens (tertiary/aromatic N) is 2. The van der Waals surface area contributed by atoms with Gasteiger partial charge in [-0.3, -0.25) is 14.5 Å². The van der Waals surface area contributed by atoms with Crippen LogP contribution in [0.3, 0.4) is 0 Å². The SMILES string of the molecule is CC1CC1CN1CCN([C@H](C)C(=O)N[C@@H](Cc2ccccc2)[C@@H](N)C[C@@H](C)C(=O)Nc2ccc(F)cc2)CS1(=O)=O. The minimum absolute atomic E-state index is 0.196. The summed E-state index contributed by atoms with van der Waals surface area (Å²) in [6, 6.07) is 13.5. The van der Waals surface area contributed by atoms with Gasteiger partial charge in [0.1, 0.15) is 11.7 Å². The number of carbonyl (C=O) groups is 2. The Hall–Kier alpha value is -2.86. The number of benzene rings is 2. The van der Waals surface area contributed by atoms with Gasteiger partial charge < -0.3 is 16.4 Å². The fourth-order valence-corrected chi connectivity index (χ4v) is 7.00. The van der Waals surface area contributed by atoms with E-state index in [9.17, 15) is 22.4 Å². The van der Waals surface area contributed by atoms with E-state index in [0.717, 1.165) is 12.0 Å². The second-order valence-corrected chi connectivity index (χ2v) is 13.6. The standard InChI is InChI=1S/C30H42FN5O4S/c1-20-15-24(20)18-36-14-13-35(19-41(36,39)40)22(3)30(38)34-28(17-23-7-5-4-6-8-23)27(32)16-21(2)29(37)33-26-11-9-25(31)10-12-26/h4-12,20-22,24,27-28H,13-19,32H2,1-3H3,(H,33,37)(H,34,38)/t20?,21-,22-,24?,27+,28+/m1/s1. The molecule has 4 rings (SSSR count). The number of nitrogens with one attached hydrogen (secondary N) is 2. The highest BCUT2D eigenvalue weighted by Crippen LogP contribution is 2.39. The third-order valence-electron chi connectivity index (χ3n) is 8.33. The summed E-state index contributed by atoms with van der Waals surface area (Å²) < 4.78 is 40.7. The minimum atomic E-state index is -3.49. The molecule has 0 aromatic heterocycles. The van der Waals surface area contributed by atoms with Crippen LogP contribution in [0, 0.1) is 23.6 Å². The van der Waals surface area contributed by atoms with Crippen molar-refractivity contribution < 1.29 is 22.4 Å². The zero-order valence-electron chi connectivity index (χ0n) is 24.0. The van der Waals surface area contributed by atoms with Crippen molar-refractivity contribution in [3.8, 4) is 0 Å². The van der Waals surface area contributed by atoms with Gasteiger partial charge in [-0.15, -0.1) is 0 Å². The average molecular weight is 588 g/mol. The third kappa shape index (κ3) is 8.57. The van der Waals surface area contributed by atoms with Crippen molar-refractivity contribution in [2.75, 3.05) is 30.8 Å². The van der Waals surface area contributed by atoms with Crippen LogP contribution in [0.4, 0.5) is 10.1 Å². The van der Waals surface area contributed by atoms with E-state index < -0.39 is 34.1 Å². The first-order valence-corrected chi connectivity index (χ1v) is 15.9. The maximum absolute atomic E-state index is 13.4. The Balaban J connectivity index is 1.38. The van der Waals surface area contributed by atoms with Crippen LogP contribution in [0.5, 0.6) is 0 Å². The van der Waals surface area contributed by atoms with Crippen LogP contribution < -0.4 is 16.4 Å². The summed E-state index contributed by atoms with van der Waals surface area (Å²) in [6.45, 7) is 7.01. The number of anilines is 1. The Morgan fingerprint density at radius 2 is 1.71 bits per heavy atom. The quantitative estimate of drug-likeness (QED) is 0.351. The molecule has 0 spiro atoms. The maximum Gasteiger partial charge on any atom is 0.237 e. The highest BCUT2D eigenvalue weighted by Gasteiger charge is 2.41. The summed E-state index contributed by atoms with van der Waals surface area (Å²) in [4.78, 5) is 27.9. The molecule has 2 aliphatic rings. The molecule has 1 saturated heterocycles. The van der Waals surface area contributed by atoms with E-state index in [4.69, 9.17) is 5.73 Å². The number of carbonyl (C=O) groups excluding carboxylic acids is 2. The summed E-state index contributed by atoms with van der Waals surface area (Å²) >= 11 is 0. The van der Waals surface area contributed by atoms with Crippen LogP contribution in [0.1, 0.15) is 39.2 Å². The molecule has 6 atom stereocenters. The first-order valence-electron chi connectivity index (χ1n) is 14.3. The van der Waals surface area contributed by atoms with Gasteiger partial charge in [-0.2, -0.15) is 4.31 Å². The minimum Gasteiger partial charge on any atom is -0.350 e. The molecule has 11 heteroatoms. The van der Waals surface area contributed by atoms with Crippen LogP contribution in [-0.4, -0.2) is 73.1 Å². The Morgan fingerprint density at radius 3 is 2.32 bits per heavy atom. The maximum atomic E-state index is 13.4. The van der Waals surface area contributed by atoms with Crippen LogP contribution in [0.15, 0.2) is 54.6 Å². The molecule has 9 nitrogen and oxygen atoms in total. The monoisotopic (exact) mass is 587 g/mol. The van der Waals surface area contributed by atoms with Crippen LogP contribution >= 0.6 is 0 Å². The van der Waals surface area contributed by atoms with Gasteiger partial charge in [-0.05, 0) is 67.9 Å². The second-order valence-electron chi connectivity index (χ2n) is 11.7. The molecule has 224 valence electrons. The summed E-state index contributed by atoms with van der Waals surface area (Å²) in [5.74, 6) is -0.626. The van der Waals surface area contributed by atoms with Crippen LogP contribution in [0.2, 0.25) is 0 Å². The van der Waals surface area contributed by atoms with Gasteiger partial charge in [-0.25, -0.2) is 12.8 Å². The number of nitrogens with two attached hydrogens (primary N) is 1. The average Bonchev–Trinajstić information content (AvgIpc) is 3.64. The smallest absolute Gasteiger partial charge is 0.237 e. The zero-order chi connectivity index (χ0) is 29.7.